The second-order valence-corrected chi connectivity index (χ2v) is 11.3. The fourth-order valence-electron chi connectivity index (χ4n) is 6.81. The molecule has 2 fully saturated rings. The summed E-state index contributed by atoms with van der Waals surface area (Å²) in [7, 11) is 0. The van der Waals surface area contributed by atoms with Crippen LogP contribution < -0.4 is 11.5 Å². The minimum absolute atomic E-state index is 0.425. The van der Waals surface area contributed by atoms with Gasteiger partial charge in [-0.3, -0.25) is 0 Å². The van der Waals surface area contributed by atoms with Crippen LogP contribution in [-0.2, 0) is 4.74 Å². The van der Waals surface area contributed by atoms with E-state index in [2.05, 4.69) is 62.4 Å². The van der Waals surface area contributed by atoms with E-state index in [1.165, 1.54) is 88.2 Å². The molecule has 2 aliphatic carbocycles. The van der Waals surface area contributed by atoms with Crippen LogP contribution in [0, 0.1) is 11.8 Å². The molecule has 0 saturated heterocycles. The normalized spacial score (nSPS) is 26.8. The van der Waals surface area contributed by atoms with E-state index < -0.39 is 0 Å². The van der Waals surface area contributed by atoms with Crippen LogP contribution in [0.15, 0.2) is 48.5 Å². The number of nitrogen functional groups attached to an aromatic ring is 2. The van der Waals surface area contributed by atoms with Crippen molar-refractivity contribution >= 4 is 11.4 Å². The number of anilines is 2. The highest BCUT2D eigenvalue weighted by atomic mass is 16.5. The van der Waals surface area contributed by atoms with Crippen molar-refractivity contribution in [2.75, 3.05) is 11.5 Å². The zero-order chi connectivity index (χ0) is 24.6. The standard InChI is InChI=1S/C32H48N2O/c1-3-23(25-13-17-29(33)18-14-25)21-27-9-5-7-11-31(27)35-32-12-8-6-10-28(32)22-24(4-2)26-15-19-30(34)20-16-26/h13-20,23-24,27-28,31-32H,3-12,21-22,33-34H2,1-2H3/t23?,24?,27-,28-,31?,32?/m1/s1. The molecule has 2 aromatic carbocycles. The third kappa shape index (κ3) is 7.03. The Bertz CT molecular complexity index is 804. The Morgan fingerprint density at radius 3 is 1.37 bits per heavy atom. The van der Waals surface area contributed by atoms with E-state index >= 15 is 0 Å². The molecule has 0 aliphatic heterocycles. The Morgan fingerprint density at radius 1 is 0.629 bits per heavy atom. The lowest BCUT2D eigenvalue weighted by Gasteiger charge is -2.41. The third-order valence-electron chi connectivity index (χ3n) is 9.00. The molecular weight excluding hydrogens is 428 g/mol. The number of hydrogen-bond acceptors (Lipinski definition) is 3. The molecule has 2 saturated carbocycles. The smallest absolute Gasteiger partial charge is 0.0607 e. The predicted octanol–water partition coefficient (Wildman–Crippen LogP) is 8.45. The van der Waals surface area contributed by atoms with Crippen molar-refractivity contribution in [3.63, 3.8) is 0 Å². The Morgan fingerprint density at radius 2 is 1.00 bits per heavy atom. The van der Waals surface area contributed by atoms with Gasteiger partial charge in [0.05, 0.1) is 12.2 Å². The molecule has 4 N–H and O–H groups in total. The number of nitrogens with two attached hydrogens (primary N) is 2. The van der Waals surface area contributed by atoms with Gasteiger partial charge in [-0.25, -0.2) is 0 Å². The monoisotopic (exact) mass is 476 g/mol. The molecule has 0 amide bonds. The lowest BCUT2D eigenvalue weighted by Crippen LogP contribution is -2.37. The first-order valence-electron chi connectivity index (χ1n) is 14.4. The summed E-state index contributed by atoms with van der Waals surface area (Å²) < 4.78 is 7.12. The van der Waals surface area contributed by atoms with Crippen molar-refractivity contribution in [2.24, 2.45) is 11.8 Å². The molecule has 2 aliphatic rings. The van der Waals surface area contributed by atoms with Gasteiger partial charge in [-0.1, -0.05) is 63.8 Å². The lowest BCUT2D eigenvalue weighted by atomic mass is 9.76. The molecule has 192 valence electrons. The van der Waals surface area contributed by atoms with E-state index in [9.17, 15) is 0 Å². The summed E-state index contributed by atoms with van der Waals surface area (Å²) in [5, 5.41) is 0. The van der Waals surface area contributed by atoms with Crippen molar-refractivity contribution in [1.82, 2.24) is 0 Å². The van der Waals surface area contributed by atoms with Gasteiger partial charge in [-0.15, -0.1) is 0 Å². The van der Waals surface area contributed by atoms with Gasteiger partial charge in [0.1, 0.15) is 0 Å². The molecule has 4 unspecified atom stereocenters. The minimum atomic E-state index is 0.425. The molecular formula is C32H48N2O. The molecule has 35 heavy (non-hydrogen) atoms. The first kappa shape index (κ1) is 26.1. The summed E-state index contributed by atoms with van der Waals surface area (Å²) in [6.07, 6.45) is 16.1. The Balaban J connectivity index is 1.42. The zero-order valence-electron chi connectivity index (χ0n) is 22.1. The summed E-state index contributed by atoms with van der Waals surface area (Å²) in [6, 6.07) is 17.2. The molecule has 0 bridgehead atoms. The van der Waals surface area contributed by atoms with E-state index in [4.69, 9.17) is 16.2 Å². The van der Waals surface area contributed by atoms with Crippen molar-refractivity contribution in [1.29, 1.82) is 0 Å². The molecule has 2 aromatic rings. The van der Waals surface area contributed by atoms with Gasteiger partial charge < -0.3 is 16.2 Å². The van der Waals surface area contributed by atoms with E-state index in [1.807, 2.05) is 0 Å². The van der Waals surface area contributed by atoms with Crippen molar-refractivity contribution in [2.45, 2.75) is 115 Å². The maximum Gasteiger partial charge on any atom is 0.0607 e. The summed E-state index contributed by atoms with van der Waals surface area (Å²) in [4.78, 5) is 0. The second-order valence-electron chi connectivity index (χ2n) is 11.3. The van der Waals surface area contributed by atoms with Crippen molar-refractivity contribution in [3.8, 4) is 0 Å². The van der Waals surface area contributed by atoms with Crippen molar-refractivity contribution in [3.05, 3.63) is 59.7 Å². The topological polar surface area (TPSA) is 61.3 Å². The number of hydrogen-bond donors (Lipinski definition) is 2. The molecule has 0 aromatic heterocycles. The largest absolute Gasteiger partial charge is 0.399 e. The summed E-state index contributed by atoms with van der Waals surface area (Å²) in [5.74, 6) is 2.55. The highest BCUT2D eigenvalue weighted by Crippen LogP contribution is 2.41. The van der Waals surface area contributed by atoms with Crippen LogP contribution in [0.2, 0.25) is 0 Å². The first-order valence-corrected chi connectivity index (χ1v) is 14.4. The van der Waals surface area contributed by atoms with Gasteiger partial charge in [-0.2, -0.15) is 0 Å². The second kappa shape index (κ2) is 12.8. The first-order chi connectivity index (χ1) is 17.1. The van der Waals surface area contributed by atoms with Crippen LogP contribution in [0.5, 0.6) is 0 Å². The number of ether oxygens (including phenoxy) is 1. The molecule has 0 radical (unpaired) electrons. The number of benzene rings is 2. The average Bonchev–Trinajstić information content (AvgIpc) is 2.89. The molecule has 6 atom stereocenters. The van der Waals surface area contributed by atoms with Crippen LogP contribution in [-0.4, -0.2) is 12.2 Å². The summed E-state index contributed by atoms with van der Waals surface area (Å²) in [5.41, 5.74) is 16.5. The minimum Gasteiger partial charge on any atom is -0.399 e. The van der Waals surface area contributed by atoms with Gasteiger partial charge in [0.15, 0.2) is 0 Å². The van der Waals surface area contributed by atoms with E-state index in [0.717, 1.165) is 11.4 Å². The van der Waals surface area contributed by atoms with Crippen LogP contribution >= 0.6 is 0 Å². The van der Waals surface area contributed by atoms with E-state index in [1.54, 1.807) is 0 Å². The summed E-state index contributed by atoms with van der Waals surface area (Å²) >= 11 is 0. The van der Waals surface area contributed by atoms with Gasteiger partial charge >= 0.3 is 0 Å². The highest BCUT2D eigenvalue weighted by Gasteiger charge is 2.35. The molecule has 0 spiro atoms. The van der Waals surface area contributed by atoms with E-state index in [-0.39, 0.29) is 0 Å². The predicted molar refractivity (Wildman–Crippen MR) is 150 cm³/mol. The Kier molecular flexibility index (Phi) is 9.54. The van der Waals surface area contributed by atoms with Crippen LogP contribution in [0.4, 0.5) is 11.4 Å². The molecule has 3 nitrogen and oxygen atoms in total. The van der Waals surface area contributed by atoms with Crippen LogP contribution in [0.1, 0.15) is 114 Å². The highest BCUT2D eigenvalue weighted by molar-refractivity contribution is 5.41. The fourth-order valence-corrected chi connectivity index (χ4v) is 6.81. The maximum absolute atomic E-state index is 7.12. The summed E-state index contributed by atoms with van der Waals surface area (Å²) in [6.45, 7) is 4.66. The SMILES string of the molecule is CCC(C[C@H]1CCCCC1OC1CCCC[C@@H]1CC(CC)c1ccc(N)cc1)c1ccc(N)cc1. The van der Waals surface area contributed by atoms with Gasteiger partial charge in [-0.05, 0) is 110 Å². The molecule has 0 heterocycles. The lowest BCUT2D eigenvalue weighted by molar-refractivity contribution is -0.0999. The van der Waals surface area contributed by atoms with Gasteiger partial charge in [0.25, 0.3) is 0 Å². The van der Waals surface area contributed by atoms with Crippen LogP contribution in [0.3, 0.4) is 0 Å². The number of rotatable bonds is 10. The van der Waals surface area contributed by atoms with Gasteiger partial charge in [0.2, 0.25) is 0 Å². The van der Waals surface area contributed by atoms with Crippen molar-refractivity contribution < 1.29 is 4.74 Å². The average molecular weight is 477 g/mol. The zero-order valence-corrected chi connectivity index (χ0v) is 22.1. The molecule has 3 heteroatoms. The van der Waals surface area contributed by atoms with Gasteiger partial charge in [0, 0.05) is 11.4 Å². The van der Waals surface area contributed by atoms with Crippen LogP contribution in [0.25, 0.3) is 0 Å². The fraction of sp³-hybridized carbons (Fsp3) is 0.625. The Labute approximate surface area is 214 Å². The maximum atomic E-state index is 7.12. The Hall–Kier alpha value is -2.00. The molecule has 4 rings (SSSR count). The quantitative estimate of drug-likeness (QED) is 0.338. The third-order valence-corrected chi connectivity index (χ3v) is 9.00. The van der Waals surface area contributed by atoms with E-state index in [0.29, 0.717) is 35.9 Å².